The summed E-state index contributed by atoms with van der Waals surface area (Å²) in [7, 11) is 0. The molecule has 94 valence electrons. The van der Waals surface area contributed by atoms with Crippen molar-refractivity contribution >= 4 is 6.09 Å². The minimum Gasteiger partial charge on any atom is -0.450 e. The van der Waals surface area contributed by atoms with Gasteiger partial charge in [-0.3, -0.25) is 4.90 Å². The van der Waals surface area contributed by atoms with Gasteiger partial charge in [0, 0.05) is 0 Å². The Morgan fingerprint density at radius 1 is 1.59 bits per heavy atom. The van der Waals surface area contributed by atoms with E-state index in [2.05, 4.69) is 12.5 Å². The van der Waals surface area contributed by atoms with Gasteiger partial charge >= 0.3 is 6.09 Å². The van der Waals surface area contributed by atoms with E-state index in [4.69, 9.17) is 11.2 Å². The van der Waals surface area contributed by atoms with Gasteiger partial charge in [0.25, 0.3) is 0 Å². The maximum absolute atomic E-state index is 11.6. The molecule has 0 aromatic rings. The SMILES string of the molecule is C#CC[N+]1(CC=C)CCN(C(=O)OCC)CC1. The summed E-state index contributed by atoms with van der Waals surface area (Å²) in [6.45, 7) is 10.7. The van der Waals surface area contributed by atoms with Crippen LogP contribution < -0.4 is 0 Å². The second kappa shape index (κ2) is 6.31. The topological polar surface area (TPSA) is 29.5 Å². The molecule has 0 saturated carbocycles. The third-order valence-corrected chi connectivity index (χ3v) is 3.16. The van der Waals surface area contributed by atoms with Crippen molar-refractivity contribution in [2.24, 2.45) is 0 Å². The van der Waals surface area contributed by atoms with Crippen molar-refractivity contribution in [3.8, 4) is 12.3 Å². The average Bonchev–Trinajstić information content (AvgIpc) is 2.31. The summed E-state index contributed by atoms with van der Waals surface area (Å²) < 4.78 is 5.82. The van der Waals surface area contributed by atoms with E-state index >= 15 is 0 Å². The van der Waals surface area contributed by atoms with E-state index in [1.165, 1.54) is 0 Å². The first kappa shape index (κ1) is 13.6. The minimum atomic E-state index is -0.218. The predicted molar refractivity (Wildman–Crippen MR) is 67.4 cm³/mol. The van der Waals surface area contributed by atoms with Gasteiger partial charge < -0.3 is 9.22 Å². The molecule has 0 N–H and O–H groups in total. The lowest BCUT2D eigenvalue weighted by Gasteiger charge is -2.42. The third-order valence-electron chi connectivity index (χ3n) is 3.16. The monoisotopic (exact) mass is 237 g/mol. The largest absolute Gasteiger partial charge is 0.450 e. The maximum Gasteiger partial charge on any atom is 0.410 e. The number of ether oxygens (including phenoxy) is 1. The van der Waals surface area contributed by atoms with Crippen LogP contribution in [0.15, 0.2) is 12.7 Å². The van der Waals surface area contributed by atoms with Crippen molar-refractivity contribution < 1.29 is 14.0 Å². The van der Waals surface area contributed by atoms with Crippen molar-refractivity contribution in [1.82, 2.24) is 4.90 Å². The van der Waals surface area contributed by atoms with Gasteiger partial charge in [-0.25, -0.2) is 4.79 Å². The zero-order valence-electron chi connectivity index (χ0n) is 10.5. The van der Waals surface area contributed by atoms with Gasteiger partial charge in [0.1, 0.15) is 6.54 Å². The summed E-state index contributed by atoms with van der Waals surface area (Å²) in [4.78, 5) is 13.3. The van der Waals surface area contributed by atoms with Gasteiger partial charge in [-0.1, -0.05) is 6.58 Å². The number of hydrogen-bond acceptors (Lipinski definition) is 2. The zero-order chi connectivity index (χ0) is 12.7. The van der Waals surface area contributed by atoms with Crippen LogP contribution in [0.5, 0.6) is 0 Å². The van der Waals surface area contributed by atoms with Gasteiger partial charge in [0.2, 0.25) is 0 Å². The Hall–Kier alpha value is -1.47. The molecule has 17 heavy (non-hydrogen) atoms. The summed E-state index contributed by atoms with van der Waals surface area (Å²) in [6.07, 6.45) is 7.09. The molecule has 0 aliphatic carbocycles. The van der Waals surface area contributed by atoms with E-state index in [0.717, 1.165) is 24.1 Å². The molecule has 4 heteroatoms. The molecule has 1 aliphatic rings. The Morgan fingerprint density at radius 2 is 2.24 bits per heavy atom. The predicted octanol–water partition coefficient (Wildman–Crippen LogP) is 1.09. The van der Waals surface area contributed by atoms with Gasteiger partial charge in [0.15, 0.2) is 0 Å². The van der Waals surface area contributed by atoms with Gasteiger partial charge in [-0.2, -0.15) is 0 Å². The molecule has 4 nitrogen and oxygen atoms in total. The number of terminal acetylenes is 1. The first-order chi connectivity index (χ1) is 8.17. The number of nitrogens with zero attached hydrogens (tertiary/aromatic N) is 2. The van der Waals surface area contributed by atoms with Gasteiger partial charge in [-0.05, 0) is 18.9 Å². The summed E-state index contributed by atoms with van der Waals surface area (Å²) in [6, 6.07) is 0. The Labute approximate surface area is 103 Å². The molecule has 0 aromatic carbocycles. The molecule has 1 amide bonds. The molecule has 0 radical (unpaired) electrons. The summed E-state index contributed by atoms with van der Waals surface area (Å²) in [5.74, 6) is 2.72. The molecule has 0 aromatic heterocycles. The highest BCUT2D eigenvalue weighted by Gasteiger charge is 2.33. The normalized spacial score (nSPS) is 18.2. The van der Waals surface area contributed by atoms with Crippen molar-refractivity contribution in [1.29, 1.82) is 0 Å². The lowest BCUT2D eigenvalue weighted by molar-refractivity contribution is -0.919. The van der Waals surface area contributed by atoms with Crippen LogP contribution in [0.4, 0.5) is 4.79 Å². The fourth-order valence-electron chi connectivity index (χ4n) is 2.16. The first-order valence-corrected chi connectivity index (χ1v) is 5.98. The second-order valence-electron chi connectivity index (χ2n) is 4.31. The average molecular weight is 237 g/mol. The molecular weight excluding hydrogens is 216 g/mol. The van der Waals surface area contributed by atoms with E-state index in [0.29, 0.717) is 26.2 Å². The van der Waals surface area contributed by atoms with Crippen LogP contribution in [0.25, 0.3) is 0 Å². The molecule has 0 atom stereocenters. The summed E-state index contributed by atoms with van der Waals surface area (Å²) >= 11 is 0. The minimum absolute atomic E-state index is 0.218. The molecular formula is C13H21N2O2+. The lowest BCUT2D eigenvalue weighted by Crippen LogP contribution is -2.60. The van der Waals surface area contributed by atoms with Crippen molar-refractivity contribution in [2.75, 3.05) is 45.9 Å². The smallest absolute Gasteiger partial charge is 0.410 e. The van der Waals surface area contributed by atoms with E-state index in [1.54, 1.807) is 4.90 Å². The van der Waals surface area contributed by atoms with Crippen molar-refractivity contribution in [2.45, 2.75) is 6.92 Å². The van der Waals surface area contributed by atoms with Crippen LogP contribution in [0.3, 0.4) is 0 Å². The van der Waals surface area contributed by atoms with Crippen molar-refractivity contribution in [3.63, 3.8) is 0 Å². The molecule has 0 unspecified atom stereocenters. The molecule has 1 saturated heterocycles. The zero-order valence-corrected chi connectivity index (χ0v) is 10.5. The lowest BCUT2D eigenvalue weighted by atomic mass is 10.2. The van der Waals surface area contributed by atoms with Crippen molar-refractivity contribution in [3.05, 3.63) is 12.7 Å². The van der Waals surface area contributed by atoms with E-state index in [9.17, 15) is 4.79 Å². The number of amides is 1. The molecule has 1 aliphatic heterocycles. The summed E-state index contributed by atoms with van der Waals surface area (Å²) in [5, 5.41) is 0. The molecule has 0 spiro atoms. The summed E-state index contributed by atoms with van der Waals surface area (Å²) in [5.41, 5.74) is 0. The van der Waals surface area contributed by atoms with Crippen LogP contribution in [-0.2, 0) is 4.74 Å². The fraction of sp³-hybridized carbons (Fsp3) is 0.615. The van der Waals surface area contributed by atoms with Gasteiger partial charge in [0.05, 0.1) is 39.3 Å². The number of piperazine rings is 1. The third kappa shape index (κ3) is 3.50. The first-order valence-electron chi connectivity index (χ1n) is 5.98. The molecule has 1 rings (SSSR count). The molecule has 1 heterocycles. The van der Waals surface area contributed by atoms with E-state index < -0.39 is 0 Å². The van der Waals surface area contributed by atoms with Crippen LogP contribution in [0, 0.1) is 12.3 Å². The maximum atomic E-state index is 11.6. The highest BCUT2D eigenvalue weighted by molar-refractivity contribution is 5.67. The standard InChI is InChI=1S/C13H21N2O2/c1-4-9-15(10-5-2)11-7-14(8-12-15)13(16)17-6-3/h1,5H,2,6-12H2,3H3/q+1. The highest BCUT2D eigenvalue weighted by Crippen LogP contribution is 2.13. The van der Waals surface area contributed by atoms with E-state index in [-0.39, 0.29) is 6.09 Å². The fourth-order valence-corrected chi connectivity index (χ4v) is 2.16. The number of hydrogen-bond donors (Lipinski definition) is 0. The Bertz CT molecular complexity index is 312. The van der Waals surface area contributed by atoms with Gasteiger partial charge in [-0.15, -0.1) is 6.42 Å². The second-order valence-corrected chi connectivity index (χ2v) is 4.31. The Kier molecular flexibility index (Phi) is 5.05. The number of quaternary nitrogens is 1. The Morgan fingerprint density at radius 3 is 2.71 bits per heavy atom. The molecule has 0 bridgehead atoms. The van der Waals surface area contributed by atoms with Crippen LogP contribution >= 0.6 is 0 Å². The molecule has 1 fully saturated rings. The number of carbonyl (C=O) groups excluding carboxylic acids is 1. The Balaban J connectivity index is 2.55. The highest BCUT2D eigenvalue weighted by atomic mass is 16.6. The van der Waals surface area contributed by atoms with Crippen LogP contribution in [0.2, 0.25) is 0 Å². The quantitative estimate of drug-likeness (QED) is 0.416. The number of rotatable bonds is 4. The van der Waals surface area contributed by atoms with E-state index in [1.807, 2.05) is 13.0 Å². The van der Waals surface area contributed by atoms with Crippen LogP contribution in [-0.4, -0.2) is 61.4 Å². The number of carbonyl (C=O) groups is 1. The van der Waals surface area contributed by atoms with Crippen LogP contribution in [0.1, 0.15) is 6.92 Å².